The number of epoxide rings is 1. The molecule has 0 amide bonds. The Balaban J connectivity index is 1.91. The summed E-state index contributed by atoms with van der Waals surface area (Å²) in [6.45, 7) is 0.516. The Labute approximate surface area is 57.7 Å². The molecule has 3 aliphatic rings. The van der Waals surface area contributed by atoms with E-state index in [1.807, 2.05) is 0 Å². The van der Waals surface area contributed by atoms with E-state index < -0.39 is 6.10 Å². The van der Waals surface area contributed by atoms with Gasteiger partial charge < -0.3 is 19.3 Å². The molecule has 1 N–H and O–H groups in total. The number of aliphatic hydroxyl groups excluding tert-OH is 1. The molecule has 4 heteroatoms. The lowest BCUT2D eigenvalue weighted by atomic mass is 10.1. The second kappa shape index (κ2) is 1.53. The molecule has 56 valence electrons. The molecule has 3 rings (SSSR count). The minimum atomic E-state index is -0.469. The molecule has 2 bridgehead atoms. The molecular weight excluding hydrogens is 136 g/mol. The zero-order valence-corrected chi connectivity index (χ0v) is 5.27. The van der Waals surface area contributed by atoms with Crippen molar-refractivity contribution in [3.8, 4) is 0 Å². The highest BCUT2D eigenvalue weighted by atomic mass is 16.8. The van der Waals surface area contributed by atoms with E-state index >= 15 is 0 Å². The number of fused-ring (bicyclic) bond motifs is 4. The molecular formula is C6H8O4. The maximum Gasteiger partial charge on any atom is 0.187 e. The monoisotopic (exact) mass is 144 g/mol. The van der Waals surface area contributed by atoms with Crippen molar-refractivity contribution in [3.63, 3.8) is 0 Å². The molecule has 0 aromatic carbocycles. The standard InChI is InChI=1S/C6H8O4/c7-3-2-1-8-6(9-2)5-4(3)10-5/h2-7H,1H2/t2?,3-,4?,5?,6-/m1/s1. The van der Waals surface area contributed by atoms with E-state index in [2.05, 4.69) is 0 Å². The van der Waals surface area contributed by atoms with Gasteiger partial charge in [-0.25, -0.2) is 0 Å². The van der Waals surface area contributed by atoms with Crippen molar-refractivity contribution in [1.29, 1.82) is 0 Å². The van der Waals surface area contributed by atoms with Crippen LogP contribution < -0.4 is 0 Å². The summed E-state index contributed by atoms with van der Waals surface area (Å²) in [6, 6.07) is 0. The highest BCUT2D eigenvalue weighted by molar-refractivity contribution is 5.03. The van der Waals surface area contributed by atoms with Crippen LogP contribution in [0, 0.1) is 0 Å². The van der Waals surface area contributed by atoms with E-state index in [0.29, 0.717) is 6.61 Å². The normalized spacial score (nSPS) is 63.9. The largest absolute Gasteiger partial charge is 0.387 e. The van der Waals surface area contributed by atoms with Crippen LogP contribution in [0.5, 0.6) is 0 Å². The van der Waals surface area contributed by atoms with Crippen molar-refractivity contribution >= 4 is 0 Å². The van der Waals surface area contributed by atoms with Crippen LogP contribution in [0.2, 0.25) is 0 Å². The van der Waals surface area contributed by atoms with Crippen LogP contribution in [0.3, 0.4) is 0 Å². The smallest absolute Gasteiger partial charge is 0.187 e. The predicted octanol–water partition coefficient (Wildman–Crippen LogP) is -1.13. The zero-order chi connectivity index (χ0) is 6.72. The van der Waals surface area contributed by atoms with Crippen LogP contribution in [-0.2, 0) is 14.2 Å². The minimum Gasteiger partial charge on any atom is -0.387 e. The second-order valence-corrected chi connectivity index (χ2v) is 2.93. The van der Waals surface area contributed by atoms with E-state index in [1.54, 1.807) is 0 Å². The molecule has 3 saturated heterocycles. The Kier molecular flexibility index (Phi) is 0.840. The van der Waals surface area contributed by atoms with Crippen molar-refractivity contribution < 1.29 is 19.3 Å². The van der Waals surface area contributed by atoms with E-state index in [0.717, 1.165) is 0 Å². The third kappa shape index (κ3) is 0.509. The van der Waals surface area contributed by atoms with Crippen LogP contribution in [0.15, 0.2) is 0 Å². The van der Waals surface area contributed by atoms with Gasteiger partial charge >= 0.3 is 0 Å². The van der Waals surface area contributed by atoms with Gasteiger partial charge in [0.1, 0.15) is 24.4 Å². The van der Waals surface area contributed by atoms with Crippen LogP contribution in [0.4, 0.5) is 0 Å². The van der Waals surface area contributed by atoms with Crippen LogP contribution in [0.1, 0.15) is 0 Å². The average Bonchev–Trinajstić information content (AvgIpc) is 2.61. The van der Waals surface area contributed by atoms with Crippen molar-refractivity contribution in [2.75, 3.05) is 6.61 Å². The van der Waals surface area contributed by atoms with Crippen LogP contribution >= 0.6 is 0 Å². The van der Waals surface area contributed by atoms with Gasteiger partial charge in [-0.3, -0.25) is 0 Å². The average molecular weight is 144 g/mol. The van der Waals surface area contributed by atoms with Gasteiger partial charge in [0.05, 0.1) is 6.61 Å². The third-order valence-electron chi connectivity index (χ3n) is 2.28. The van der Waals surface area contributed by atoms with Gasteiger partial charge in [0.25, 0.3) is 0 Å². The van der Waals surface area contributed by atoms with Crippen molar-refractivity contribution in [2.45, 2.75) is 30.7 Å². The Morgan fingerprint density at radius 3 is 3.00 bits per heavy atom. The van der Waals surface area contributed by atoms with Gasteiger partial charge in [-0.1, -0.05) is 0 Å². The van der Waals surface area contributed by atoms with E-state index in [9.17, 15) is 5.11 Å². The van der Waals surface area contributed by atoms with Gasteiger partial charge in [0.2, 0.25) is 0 Å². The maximum absolute atomic E-state index is 9.38. The first kappa shape index (κ1) is 5.49. The topological polar surface area (TPSA) is 51.2 Å². The summed E-state index contributed by atoms with van der Waals surface area (Å²) in [5.74, 6) is 0. The first-order valence-electron chi connectivity index (χ1n) is 3.47. The molecule has 5 atom stereocenters. The number of aliphatic hydroxyl groups is 1. The summed E-state index contributed by atoms with van der Waals surface area (Å²) in [6.07, 6.45) is -0.809. The zero-order valence-electron chi connectivity index (χ0n) is 5.27. The number of rotatable bonds is 0. The summed E-state index contributed by atoms with van der Waals surface area (Å²) >= 11 is 0. The fourth-order valence-electron chi connectivity index (χ4n) is 1.63. The second-order valence-electron chi connectivity index (χ2n) is 2.93. The summed E-state index contributed by atoms with van der Waals surface area (Å²) < 4.78 is 15.6. The lowest BCUT2D eigenvalue weighted by Crippen LogP contribution is -2.39. The lowest BCUT2D eigenvalue weighted by molar-refractivity contribution is -0.103. The lowest BCUT2D eigenvalue weighted by Gasteiger charge is -2.18. The Morgan fingerprint density at radius 1 is 1.20 bits per heavy atom. The Morgan fingerprint density at radius 2 is 2.10 bits per heavy atom. The van der Waals surface area contributed by atoms with Crippen molar-refractivity contribution in [1.82, 2.24) is 0 Å². The molecule has 0 radical (unpaired) electrons. The van der Waals surface area contributed by atoms with Gasteiger partial charge in [-0.05, 0) is 0 Å². The van der Waals surface area contributed by atoms with Crippen LogP contribution in [0.25, 0.3) is 0 Å². The molecule has 0 aliphatic carbocycles. The third-order valence-corrected chi connectivity index (χ3v) is 2.28. The van der Waals surface area contributed by atoms with Gasteiger partial charge in [-0.15, -0.1) is 0 Å². The molecule has 3 heterocycles. The summed E-state index contributed by atoms with van der Waals surface area (Å²) in [4.78, 5) is 0. The Hall–Kier alpha value is -0.160. The van der Waals surface area contributed by atoms with Crippen molar-refractivity contribution in [2.24, 2.45) is 0 Å². The molecule has 3 fully saturated rings. The molecule has 0 spiro atoms. The highest BCUT2D eigenvalue weighted by Gasteiger charge is 2.61. The Bertz CT molecular complexity index is 169. The molecule has 0 saturated carbocycles. The fraction of sp³-hybridized carbons (Fsp3) is 1.00. The first-order chi connectivity index (χ1) is 4.86. The first-order valence-corrected chi connectivity index (χ1v) is 3.47. The molecule has 0 aromatic heterocycles. The van der Waals surface area contributed by atoms with Crippen LogP contribution in [-0.4, -0.2) is 42.4 Å². The quantitative estimate of drug-likeness (QED) is 0.437. The SMILES string of the molecule is O[C@@H]1C2CO[C@H](O2)C2OC21. The maximum atomic E-state index is 9.38. The summed E-state index contributed by atoms with van der Waals surface area (Å²) in [5, 5.41) is 9.38. The van der Waals surface area contributed by atoms with Crippen molar-refractivity contribution in [3.05, 3.63) is 0 Å². The molecule has 3 aliphatic heterocycles. The van der Waals surface area contributed by atoms with Gasteiger partial charge in [0.15, 0.2) is 6.29 Å². The van der Waals surface area contributed by atoms with Gasteiger partial charge in [-0.2, -0.15) is 0 Å². The van der Waals surface area contributed by atoms with E-state index in [1.165, 1.54) is 0 Å². The minimum absolute atomic E-state index is 0.00810. The molecule has 4 nitrogen and oxygen atoms in total. The molecule has 3 unspecified atom stereocenters. The van der Waals surface area contributed by atoms with Gasteiger partial charge in [0, 0.05) is 0 Å². The fourth-order valence-corrected chi connectivity index (χ4v) is 1.63. The molecule has 0 aromatic rings. The molecule has 10 heavy (non-hydrogen) atoms. The van der Waals surface area contributed by atoms with E-state index in [-0.39, 0.29) is 24.6 Å². The van der Waals surface area contributed by atoms with E-state index in [4.69, 9.17) is 14.2 Å². The number of ether oxygens (including phenoxy) is 3. The number of hydrogen-bond donors (Lipinski definition) is 1. The number of hydrogen-bond acceptors (Lipinski definition) is 4. The summed E-state index contributed by atoms with van der Waals surface area (Å²) in [5.41, 5.74) is 0. The summed E-state index contributed by atoms with van der Waals surface area (Å²) in [7, 11) is 0. The predicted molar refractivity (Wildman–Crippen MR) is 29.3 cm³/mol. The highest BCUT2D eigenvalue weighted by Crippen LogP contribution is 2.41.